The molecule has 2 N–H and O–H groups in total. The fraction of sp³-hybridized carbons (Fsp3) is 0.263. The highest BCUT2D eigenvalue weighted by Crippen LogP contribution is 2.18. The fourth-order valence-corrected chi connectivity index (χ4v) is 3.85. The van der Waals surface area contributed by atoms with Crippen LogP contribution in [-0.2, 0) is 27.8 Å². The minimum absolute atomic E-state index is 0.155. The smallest absolute Gasteiger partial charge is 0.242 e. The normalized spacial score (nSPS) is 11.8. The maximum Gasteiger partial charge on any atom is 0.242 e. The zero-order valence-electron chi connectivity index (χ0n) is 15.3. The number of carbonyl (C=O) groups excluding carboxylic acids is 1. The molecule has 1 aromatic heterocycles. The molecule has 0 fully saturated rings. The zero-order valence-corrected chi connectivity index (χ0v) is 16.1. The Balaban J connectivity index is 1.61. The number of rotatable bonds is 7. The Morgan fingerprint density at radius 2 is 1.81 bits per heavy atom. The Labute approximate surface area is 158 Å². The van der Waals surface area contributed by atoms with E-state index in [-0.39, 0.29) is 23.8 Å². The number of carbonyl (C=O) groups is 1. The van der Waals surface area contributed by atoms with Crippen LogP contribution in [0.2, 0.25) is 0 Å². The third-order valence-corrected chi connectivity index (χ3v) is 6.15. The average molecular weight is 386 g/mol. The van der Waals surface area contributed by atoms with E-state index in [9.17, 15) is 13.2 Å². The van der Waals surface area contributed by atoms with Crippen molar-refractivity contribution in [2.45, 2.75) is 24.3 Å². The minimum Gasteiger partial charge on any atom is -0.352 e. The molecule has 27 heavy (non-hydrogen) atoms. The minimum atomic E-state index is -3.56. The second-order valence-corrected chi connectivity index (χ2v) is 8.49. The monoisotopic (exact) mass is 386 g/mol. The molecule has 1 heterocycles. The second kappa shape index (κ2) is 7.89. The number of fused-ring (bicyclic) bond motifs is 1. The van der Waals surface area contributed by atoms with Gasteiger partial charge in [-0.25, -0.2) is 17.7 Å². The third-order valence-electron chi connectivity index (χ3n) is 4.23. The van der Waals surface area contributed by atoms with Gasteiger partial charge < -0.3 is 10.3 Å². The van der Waals surface area contributed by atoms with Crippen LogP contribution >= 0.6 is 0 Å². The van der Waals surface area contributed by atoms with Crippen molar-refractivity contribution in [3.8, 4) is 0 Å². The van der Waals surface area contributed by atoms with E-state index >= 15 is 0 Å². The number of aromatic amines is 1. The molecule has 0 bridgehead atoms. The summed E-state index contributed by atoms with van der Waals surface area (Å²) in [7, 11) is -0.590. The van der Waals surface area contributed by atoms with Crippen molar-refractivity contribution < 1.29 is 13.2 Å². The Kier molecular flexibility index (Phi) is 5.57. The third kappa shape index (κ3) is 4.35. The summed E-state index contributed by atoms with van der Waals surface area (Å²) in [5.74, 6) is 0.592. The molecule has 1 amide bonds. The maximum absolute atomic E-state index is 12.4. The van der Waals surface area contributed by atoms with E-state index in [1.807, 2.05) is 24.3 Å². The first kappa shape index (κ1) is 19.1. The van der Waals surface area contributed by atoms with Crippen molar-refractivity contribution >= 4 is 27.0 Å². The Morgan fingerprint density at radius 3 is 2.56 bits per heavy atom. The quantitative estimate of drug-likeness (QED) is 0.650. The summed E-state index contributed by atoms with van der Waals surface area (Å²) >= 11 is 0. The molecule has 0 aliphatic heterocycles. The van der Waals surface area contributed by atoms with E-state index in [0.29, 0.717) is 12.0 Å². The van der Waals surface area contributed by atoms with Gasteiger partial charge in [0.2, 0.25) is 15.9 Å². The number of sulfonamides is 1. The van der Waals surface area contributed by atoms with E-state index in [2.05, 4.69) is 15.3 Å². The highest BCUT2D eigenvalue weighted by molar-refractivity contribution is 7.89. The molecule has 0 spiro atoms. The van der Waals surface area contributed by atoms with Gasteiger partial charge in [-0.1, -0.05) is 30.3 Å². The first-order valence-electron chi connectivity index (χ1n) is 8.58. The van der Waals surface area contributed by atoms with Gasteiger partial charge in [-0.3, -0.25) is 4.79 Å². The molecule has 0 unspecified atom stereocenters. The van der Waals surface area contributed by atoms with Gasteiger partial charge in [0, 0.05) is 33.5 Å². The number of amides is 1. The summed E-state index contributed by atoms with van der Waals surface area (Å²) < 4.78 is 26.0. The number of hydrogen-bond donors (Lipinski definition) is 2. The first-order valence-corrected chi connectivity index (χ1v) is 10.0. The summed E-state index contributed by atoms with van der Waals surface area (Å²) in [4.78, 5) is 20.0. The van der Waals surface area contributed by atoms with Crippen molar-refractivity contribution in [1.29, 1.82) is 0 Å². The fourth-order valence-electron chi connectivity index (χ4n) is 2.74. The number of para-hydroxylation sites is 2. The van der Waals surface area contributed by atoms with Gasteiger partial charge in [0.05, 0.1) is 15.9 Å². The molecular formula is C19H22N4O3S. The van der Waals surface area contributed by atoms with Crippen molar-refractivity contribution in [1.82, 2.24) is 19.6 Å². The number of nitrogens with zero attached hydrogens (tertiary/aromatic N) is 2. The van der Waals surface area contributed by atoms with Gasteiger partial charge in [-0.2, -0.15) is 0 Å². The SMILES string of the molecule is CN(C)S(=O)(=O)c1ccccc1CNC(=O)CCc1nc2ccccc2[nH]1. The van der Waals surface area contributed by atoms with Crippen molar-refractivity contribution in [2.75, 3.05) is 14.1 Å². The molecule has 0 radical (unpaired) electrons. The van der Waals surface area contributed by atoms with Gasteiger partial charge in [0.15, 0.2) is 0 Å². The lowest BCUT2D eigenvalue weighted by atomic mass is 10.2. The molecule has 0 saturated carbocycles. The summed E-state index contributed by atoms with van der Waals surface area (Å²) in [5, 5.41) is 2.79. The molecule has 7 nitrogen and oxygen atoms in total. The van der Waals surface area contributed by atoms with Crippen LogP contribution in [0.15, 0.2) is 53.4 Å². The van der Waals surface area contributed by atoms with Crippen LogP contribution < -0.4 is 5.32 Å². The summed E-state index contributed by atoms with van der Waals surface area (Å²) in [6.45, 7) is 0.155. The van der Waals surface area contributed by atoms with E-state index < -0.39 is 10.0 Å². The highest BCUT2D eigenvalue weighted by Gasteiger charge is 2.20. The van der Waals surface area contributed by atoms with Crippen LogP contribution in [0, 0.1) is 0 Å². The summed E-state index contributed by atoms with van der Waals surface area (Å²) in [6.07, 6.45) is 0.751. The van der Waals surface area contributed by atoms with Gasteiger partial charge in [-0.05, 0) is 23.8 Å². The molecule has 3 aromatic rings. The molecule has 142 valence electrons. The standard InChI is InChI=1S/C19H22N4O3S/c1-23(2)27(25,26)17-10-6-3-7-14(17)13-20-19(24)12-11-18-21-15-8-4-5-9-16(15)22-18/h3-10H,11-13H2,1-2H3,(H,20,24)(H,21,22). The van der Waals surface area contributed by atoms with Crippen LogP contribution in [0.1, 0.15) is 17.8 Å². The molecular weight excluding hydrogens is 364 g/mol. The number of imidazole rings is 1. The Morgan fingerprint density at radius 1 is 1.11 bits per heavy atom. The predicted molar refractivity (Wildman–Crippen MR) is 104 cm³/mol. The van der Waals surface area contributed by atoms with Crippen molar-refractivity contribution in [3.63, 3.8) is 0 Å². The van der Waals surface area contributed by atoms with Crippen LogP contribution in [0.25, 0.3) is 11.0 Å². The van der Waals surface area contributed by atoms with Crippen LogP contribution in [0.4, 0.5) is 0 Å². The number of benzene rings is 2. The number of hydrogen-bond acceptors (Lipinski definition) is 4. The lowest BCUT2D eigenvalue weighted by Crippen LogP contribution is -2.27. The summed E-state index contributed by atoms with van der Waals surface area (Å²) in [5.41, 5.74) is 2.37. The molecule has 8 heteroatoms. The van der Waals surface area contributed by atoms with Crippen molar-refractivity contribution in [2.24, 2.45) is 0 Å². The van der Waals surface area contributed by atoms with E-state index in [4.69, 9.17) is 0 Å². The lowest BCUT2D eigenvalue weighted by molar-refractivity contribution is -0.121. The van der Waals surface area contributed by atoms with Crippen LogP contribution in [0.5, 0.6) is 0 Å². The maximum atomic E-state index is 12.4. The van der Waals surface area contributed by atoms with Gasteiger partial charge in [0.25, 0.3) is 0 Å². The highest BCUT2D eigenvalue weighted by atomic mass is 32.2. The molecule has 0 saturated heterocycles. The van der Waals surface area contributed by atoms with Gasteiger partial charge in [0.1, 0.15) is 5.82 Å². The molecule has 3 rings (SSSR count). The van der Waals surface area contributed by atoms with E-state index in [1.165, 1.54) is 14.1 Å². The molecule has 0 aliphatic carbocycles. The molecule has 2 aromatic carbocycles. The Bertz CT molecular complexity index is 1020. The van der Waals surface area contributed by atoms with Crippen LogP contribution in [0.3, 0.4) is 0 Å². The average Bonchev–Trinajstić information content (AvgIpc) is 3.07. The first-order chi connectivity index (χ1) is 12.9. The predicted octanol–water partition coefficient (Wildman–Crippen LogP) is 2.06. The number of aryl methyl sites for hydroxylation is 1. The number of nitrogens with one attached hydrogen (secondary N) is 2. The molecule has 0 atom stereocenters. The van der Waals surface area contributed by atoms with Gasteiger partial charge in [-0.15, -0.1) is 0 Å². The Hall–Kier alpha value is -2.71. The van der Waals surface area contributed by atoms with Crippen molar-refractivity contribution in [3.05, 3.63) is 59.9 Å². The number of H-pyrrole nitrogens is 1. The summed E-state index contributed by atoms with van der Waals surface area (Å²) in [6, 6.07) is 14.4. The molecule has 0 aliphatic rings. The second-order valence-electron chi connectivity index (χ2n) is 6.37. The lowest BCUT2D eigenvalue weighted by Gasteiger charge is -2.15. The zero-order chi connectivity index (χ0) is 19.4. The van der Waals surface area contributed by atoms with E-state index in [0.717, 1.165) is 21.2 Å². The van der Waals surface area contributed by atoms with E-state index in [1.54, 1.807) is 24.3 Å². The van der Waals surface area contributed by atoms with Gasteiger partial charge >= 0.3 is 0 Å². The topological polar surface area (TPSA) is 95.2 Å². The largest absolute Gasteiger partial charge is 0.352 e. The van der Waals surface area contributed by atoms with Crippen LogP contribution in [-0.4, -0.2) is 42.7 Å². The number of aromatic nitrogens is 2.